The van der Waals surface area contributed by atoms with Gasteiger partial charge in [0, 0.05) is 32.8 Å². The molecule has 1 radical (unpaired) electrons. The SMILES string of the molecule is CO.CO.[V]. The average molecular weight is 115 g/mol. The molecule has 0 aromatic heterocycles. The molecule has 0 saturated carbocycles. The van der Waals surface area contributed by atoms with E-state index in [1.54, 1.807) is 0 Å². The fourth-order valence-electron chi connectivity index (χ4n) is 0. The second-order valence-electron chi connectivity index (χ2n) is 0. The van der Waals surface area contributed by atoms with E-state index in [-0.39, 0.29) is 18.6 Å². The minimum absolute atomic E-state index is 0. The van der Waals surface area contributed by atoms with Crippen molar-refractivity contribution < 1.29 is 28.8 Å². The zero-order valence-corrected chi connectivity index (χ0v) is 4.74. The molecule has 0 rings (SSSR count). The standard InChI is InChI=1S/2CH4O.V/c2*1-2;/h2*2H,1H3;. The van der Waals surface area contributed by atoms with Crippen LogP contribution in [-0.4, -0.2) is 24.4 Å². The van der Waals surface area contributed by atoms with E-state index in [1.165, 1.54) is 0 Å². The summed E-state index contributed by atoms with van der Waals surface area (Å²) >= 11 is 0. The molecule has 0 fully saturated rings. The summed E-state index contributed by atoms with van der Waals surface area (Å²) in [5.74, 6) is 0. The Morgan fingerprint density at radius 1 is 0.800 bits per heavy atom. The Bertz CT molecular complexity index is 7.61. The first-order valence-corrected chi connectivity index (χ1v) is 0.894. The van der Waals surface area contributed by atoms with Crippen molar-refractivity contribution >= 4 is 0 Å². The monoisotopic (exact) mass is 115 g/mol. The summed E-state index contributed by atoms with van der Waals surface area (Å²) < 4.78 is 0. The van der Waals surface area contributed by atoms with Crippen molar-refractivity contribution in [1.29, 1.82) is 0 Å². The molecule has 2 N–H and O–H groups in total. The van der Waals surface area contributed by atoms with Gasteiger partial charge in [-0.15, -0.1) is 0 Å². The molecule has 0 aliphatic carbocycles. The van der Waals surface area contributed by atoms with Crippen molar-refractivity contribution in [2.75, 3.05) is 14.2 Å². The van der Waals surface area contributed by atoms with Crippen LogP contribution >= 0.6 is 0 Å². The summed E-state index contributed by atoms with van der Waals surface area (Å²) in [5.41, 5.74) is 0. The van der Waals surface area contributed by atoms with Gasteiger partial charge in [0.2, 0.25) is 0 Å². The van der Waals surface area contributed by atoms with Crippen LogP contribution in [0.25, 0.3) is 0 Å². The summed E-state index contributed by atoms with van der Waals surface area (Å²) in [5, 5.41) is 14.0. The Hall–Kier alpha value is 0.504. The second-order valence-corrected chi connectivity index (χ2v) is 0. The fraction of sp³-hybridized carbons (Fsp3) is 1.00. The van der Waals surface area contributed by atoms with Gasteiger partial charge < -0.3 is 10.2 Å². The summed E-state index contributed by atoms with van der Waals surface area (Å²) in [6.07, 6.45) is 0. The van der Waals surface area contributed by atoms with Gasteiger partial charge in [-0.2, -0.15) is 0 Å². The molecule has 0 saturated heterocycles. The zero-order chi connectivity index (χ0) is 4.00. The predicted molar refractivity (Wildman–Crippen MR) is 16.3 cm³/mol. The molecule has 0 aliphatic rings. The van der Waals surface area contributed by atoms with E-state index in [1.807, 2.05) is 0 Å². The Kier molecular flexibility index (Phi) is 774. The van der Waals surface area contributed by atoms with Crippen molar-refractivity contribution in [3.05, 3.63) is 0 Å². The van der Waals surface area contributed by atoms with Crippen LogP contribution < -0.4 is 0 Å². The third-order valence-corrected chi connectivity index (χ3v) is 0. The first-order chi connectivity index (χ1) is 2.00. The molecular formula is C2H8O2V. The van der Waals surface area contributed by atoms with Crippen LogP contribution in [0.4, 0.5) is 0 Å². The molecule has 0 spiro atoms. The van der Waals surface area contributed by atoms with Crippen LogP contribution in [0.1, 0.15) is 0 Å². The van der Waals surface area contributed by atoms with Crippen molar-refractivity contribution in [3.63, 3.8) is 0 Å². The number of hydrogen-bond acceptors (Lipinski definition) is 2. The van der Waals surface area contributed by atoms with E-state index >= 15 is 0 Å². The molecule has 3 heteroatoms. The largest absolute Gasteiger partial charge is 0.400 e. The van der Waals surface area contributed by atoms with E-state index in [9.17, 15) is 0 Å². The molecule has 0 bridgehead atoms. The third-order valence-electron chi connectivity index (χ3n) is 0. The van der Waals surface area contributed by atoms with Gasteiger partial charge in [-0.05, 0) is 0 Å². The number of aliphatic hydroxyl groups excluding tert-OH is 2. The Morgan fingerprint density at radius 2 is 0.800 bits per heavy atom. The van der Waals surface area contributed by atoms with Crippen LogP contribution in [0.5, 0.6) is 0 Å². The van der Waals surface area contributed by atoms with Crippen LogP contribution in [-0.2, 0) is 18.6 Å². The Balaban J connectivity index is -0.0000000133. The van der Waals surface area contributed by atoms with E-state index in [0.717, 1.165) is 14.2 Å². The third kappa shape index (κ3) is 111. The minimum Gasteiger partial charge on any atom is -0.400 e. The van der Waals surface area contributed by atoms with Gasteiger partial charge in [0.15, 0.2) is 0 Å². The maximum Gasteiger partial charge on any atom is 0.0319 e. The summed E-state index contributed by atoms with van der Waals surface area (Å²) in [4.78, 5) is 0. The predicted octanol–water partition coefficient (Wildman–Crippen LogP) is -0.786. The zero-order valence-electron chi connectivity index (χ0n) is 3.34. The van der Waals surface area contributed by atoms with Crippen LogP contribution in [0.15, 0.2) is 0 Å². The van der Waals surface area contributed by atoms with E-state index in [0.29, 0.717) is 0 Å². The van der Waals surface area contributed by atoms with Crippen LogP contribution in [0, 0.1) is 0 Å². The molecule has 2 nitrogen and oxygen atoms in total. The Morgan fingerprint density at radius 3 is 0.800 bits per heavy atom. The van der Waals surface area contributed by atoms with Crippen molar-refractivity contribution in [2.45, 2.75) is 0 Å². The summed E-state index contributed by atoms with van der Waals surface area (Å²) in [6.45, 7) is 0. The molecule has 0 atom stereocenters. The molecule has 0 aromatic carbocycles. The van der Waals surface area contributed by atoms with Gasteiger partial charge in [0.05, 0.1) is 0 Å². The maximum absolute atomic E-state index is 7.00. The Labute approximate surface area is 43.7 Å². The normalized spacial score (nSPS) is 2.40. The smallest absolute Gasteiger partial charge is 0.0319 e. The molecular weight excluding hydrogens is 107 g/mol. The van der Waals surface area contributed by atoms with Gasteiger partial charge in [-0.1, -0.05) is 0 Å². The summed E-state index contributed by atoms with van der Waals surface area (Å²) in [7, 11) is 2.00. The van der Waals surface area contributed by atoms with E-state index < -0.39 is 0 Å². The quantitative estimate of drug-likeness (QED) is 0.434. The molecule has 0 amide bonds. The van der Waals surface area contributed by atoms with Crippen LogP contribution in [0.3, 0.4) is 0 Å². The molecule has 33 valence electrons. The second kappa shape index (κ2) is 217. The van der Waals surface area contributed by atoms with E-state index in [2.05, 4.69) is 0 Å². The molecule has 0 unspecified atom stereocenters. The first kappa shape index (κ1) is 17.8. The molecule has 5 heavy (non-hydrogen) atoms. The maximum atomic E-state index is 7.00. The molecule has 0 aromatic rings. The summed E-state index contributed by atoms with van der Waals surface area (Å²) in [6, 6.07) is 0. The van der Waals surface area contributed by atoms with Gasteiger partial charge in [0.1, 0.15) is 0 Å². The van der Waals surface area contributed by atoms with Gasteiger partial charge in [-0.25, -0.2) is 0 Å². The molecule has 0 heterocycles. The van der Waals surface area contributed by atoms with E-state index in [4.69, 9.17) is 10.2 Å². The molecule has 0 aliphatic heterocycles. The van der Waals surface area contributed by atoms with Crippen molar-refractivity contribution in [2.24, 2.45) is 0 Å². The van der Waals surface area contributed by atoms with Crippen LogP contribution in [0.2, 0.25) is 0 Å². The number of aliphatic hydroxyl groups is 2. The van der Waals surface area contributed by atoms with Crippen molar-refractivity contribution in [1.82, 2.24) is 0 Å². The number of rotatable bonds is 0. The van der Waals surface area contributed by atoms with Gasteiger partial charge in [0.25, 0.3) is 0 Å². The average Bonchev–Trinajstić information content (AvgIpc) is 1.50. The topological polar surface area (TPSA) is 40.5 Å². The van der Waals surface area contributed by atoms with Gasteiger partial charge in [-0.3, -0.25) is 0 Å². The minimum atomic E-state index is 0. The fourth-order valence-corrected chi connectivity index (χ4v) is 0. The van der Waals surface area contributed by atoms with Gasteiger partial charge >= 0.3 is 0 Å². The first-order valence-electron chi connectivity index (χ1n) is 0.894. The van der Waals surface area contributed by atoms with Crippen molar-refractivity contribution in [3.8, 4) is 0 Å². The number of hydrogen-bond donors (Lipinski definition) is 2.